The van der Waals surface area contributed by atoms with Gasteiger partial charge >= 0.3 is 0 Å². The average Bonchev–Trinajstić information content (AvgIpc) is 3.10. The minimum atomic E-state index is 0.241. The van der Waals surface area contributed by atoms with Crippen LogP contribution in [0.1, 0.15) is 14.5 Å². The van der Waals surface area contributed by atoms with Crippen LogP contribution in [0.3, 0.4) is 0 Å². The number of nitrogens with zero attached hydrogens (tertiary/aromatic N) is 3. The zero-order chi connectivity index (χ0) is 13.9. The highest BCUT2D eigenvalue weighted by Gasteiger charge is 2.21. The van der Waals surface area contributed by atoms with E-state index in [-0.39, 0.29) is 5.78 Å². The lowest BCUT2D eigenvalue weighted by Crippen LogP contribution is -2.47. The second-order valence-electron chi connectivity index (χ2n) is 4.91. The van der Waals surface area contributed by atoms with Gasteiger partial charge in [0.2, 0.25) is 0 Å². The molecule has 1 aliphatic rings. The number of hydrogen-bond donors (Lipinski definition) is 0. The maximum atomic E-state index is 12.2. The van der Waals surface area contributed by atoms with Gasteiger partial charge < -0.3 is 4.90 Å². The number of thiophene rings is 1. The number of aryl methyl sites for hydroxylation is 1. The summed E-state index contributed by atoms with van der Waals surface area (Å²) in [5.74, 6) is 0.241. The zero-order valence-corrected chi connectivity index (χ0v) is 13.0. The van der Waals surface area contributed by atoms with Gasteiger partial charge in [0.05, 0.1) is 11.4 Å². The molecule has 0 spiro atoms. The summed E-state index contributed by atoms with van der Waals surface area (Å²) >= 11 is 3.26. The van der Waals surface area contributed by atoms with Crippen molar-refractivity contribution in [1.82, 2.24) is 9.88 Å². The van der Waals surface area contributed by atoms with Crippen LogP contribution >= 0.6 is 22.7 Å². The molecule has 0 atom stereocenters. The Balaban J connectivity index is 1.52. The van der Waals surface area contributed by atoms with Gasteiger partial charge in [-0.25, -0.2) is 4.98 Å². The van der Waals surface area contributed by atoms with Crippen LogP contribution in [0.2, 0.25) is 0 Å². The SMILES string of the molecule is Cc1ccc(C(=O)CN2CCN(c3nccs3)CC2)s1. The highest BCUT2D eigenvalue weighted by Crippen LogP contribution is 2.20. The molecule has 0 aromatic carbocycles. The lowest BCUT2D eigenvalue weighted by molar-refractivity contribution is 0.0930. The molecule has 1 fully saturated rings. The van der Waals surface area contributed by atoms with Gasteiger partial charge in [0.15, 0.2) is 10.9 Å². The Hall–Kier alpha value is -1.24. The minimum Gasteiger partial charge on any atom is -0.346 e. The van der Waals surface area contributed by atoms with Gasteiger partial charge in [0.1, 0.15) is 0 Å². The van der Waals surface area contributed by atoms with E-state index < -0.39 is 0 Å². The van der Waals surface area contributed by atoms with Crippen molar-refractivity contribution in [3.05, 3.63) is 33.5 Å². The van der Waals surface area contributed by atoms with Crippen LogP contribution < -0.4 is 4.90 Å². The molecule has 3 rings (SSSR count). The zero-order valence-electron chi connectivity index (χ0n) is 11.4. The van der Waals surface area contributed by atoms with Crippen LogP contribution in [-0.4, -0.2) is 48.4 Å². The van der Waals surface area contributed by atoms with E-state index in [1.165, 1.54) is 4.88 Å². The van der Waals surface area contributed by atoms with E-state index in [1.54, 1.807) is 22.7 Å². The summed E-state index contributed by atoms with van der Waals surface area (Å²) < 4.78 is 0. The molecule has 0 amide bonds. The Morgan fingerprint density at radius 3 is 2.70 bits per heavy atom. The Morgan fingerprint density at radius 1 is 1.30 bits per heavy atom. The molecule has 20 heavy (non-hydrogen) atoms. The Bertz CT molecular complexity index is 571. The van der Waals surface area contributed by atoms with Gasteiger partial charge in [0.25, 0.3) is 0 Å². The molecule has 1 saturated heterocycles. The van der Waals surface area contributed by atoms with Crippen LogP contribution in [-0.2, 0) is 0 Å². The number of hydrogen-bond acceptors (Lipinski definition) is 6. The third kappa shape index (κ3) is 3.08. The highest BCUT2D eigenvalue weighted by atomic mass is 32.1. The van der Waals surface area contributed by atoms with Crippen LogP contribution in [0.5, 0.6) is 0 Å². The van der Waals surface area contributed by atoms with Gasteiger partial charge in [-0.05, 0) is 19.1 Å². The van der Waals surface area contributed by atoms with Gasteiger partial charge in [-0.3, -0.25) is 9.69 Å². The normalized spacial score (nSPS) is 16.6. The number of thiazole rings is 1. The van der Waals surface area contributed by atoms with Crippen molar-refractivity contribution in [1.29, 1.82) is 0 Å². The van der Waals surface area contributed by atoms with Crippen LogP contribution in [0.25, 0.3) is 0 Å². The number of ketones is 1. The second-order valence-corrected chi connectivity index (χ2v) is 7.07. The molecule has 106 valence electrons. The predicted molar refractivity (Wildman–Crippen MR) is 84.2 cm³/mol. The van der Waals surface area contributed by atoms with E-state index in [1.807, 2.05) is 30.6 Å². The maximum absolute atomic E-state index is 12.2. The number of aromatic nitrogens is 1. The van der Waals surface area contributed by atoms with Crippen LogP contribution in [0, 0.1) is 6.92 Å². The van der Waals surface area contributed by atoms with Crippen molar-refractivity contribution >= 4 is 33.6 Å². The van der Waals surface area contributed by atoms with E-state index in [0.717, 1.165) is 36.2 Å². The molecule has 0 saturated carbocycles. The predicted octanol–water partition coefficient (Wildman–Crippen LogP) is 2.52. The van der Waals surface area contributed by atoms with E-state index in [9.17, 15) is 4.79 Å². The Labute approximate surface area is 126 Å². The third-order valence-corrected chi connectivity index (χ3v) is 5.32. The van der Waals surface area contributed by atoms with Crippen LogP contribution in [0.15, 0.2) is 23.7 Å². The number of rotatable bonds is 4. The molecule has 0 aliphatic carbocycles. The lowest BCUT2D eigenvalue weighted by Gasteiger charge is -2.34. The summed E-state index contributed by atoms with van der Waals surface area (Å²) in [5, 5.41) is 3.09. The number of carbonyl (C=O) groups is 1. The topological polar surface area (TPSA) is 36.4 Å². The standard InChI is InChI=1S/C14H17N3OS2/c1-11-2-3-13(20-11)12(18)10-16-5-7-17(8-6-16)14-15-4-9-19-14/h2-4,9H,5-8,10H2,1H3. The molecule has 4 nitrogen and oxygen atoms in total. The van der Waals surface area contributed by atoms with Gasteiger partial charge in [-0.15, -0.1) is 22.7 Å². The number of piperazine rings is 1. The molecular formula is C14H17N3OS2. The fourth-order valence-corrected chi connectivity index (χ4v) is 3.83. The maximum Gasteiger partial charge on any atom is 0.186 e. The summed E-state index contributed by atoms with van der Waals surface area (Å²) in [5.41, 5.74) is 0. The average molecular weight is 307 g/mol. The van der Waals surface area contributed by atoms with E-state index in [0.29, 0.717) is 6.54 Å². The molecule has 0 N–H and O–H groups in total. The summed E-state index contributed by atoms with van der Waals surface area (Å²) in [6.45, 7) is 6.32. The van der Waals surface area contributed by atoms with Crippen molar-refractivity contribution in [3.8, 4) is 0 Å². The highest BCUT2D eigenvalue weighted by molar-refractivity contribution is 7.14. The van der Waals surface area contributed by atoms with E-state index >= 15 is 0 Å². The van der Waals surface area contributed by atoms with Gasteiger partial charge in [-0.2, -0.15) is 0 Å². The number of Topliss-reactive ketones (excluding diaryl/α,β-unsaturated/α-hetero) is 1. The third-order valence-electron chi connectivity index (χ3n) is 3.44. The molecule has 1 aliphatic heterocycles. The monoisotopic (exact) mass is 307 g/mol. The van der Waals surface area contributed by atoms with E-state index in [4.69, 9.17) is 0 Å². The quantitative estimate of drug-likeness (QED) is 0.813. The Kier molecular flexibility index (Phi) is 4.14. The fourth-order valence-electron chi connectivity index (χ4n) is 2.33. The van der Waals surface area contributed by atoms with Crippen LogP contribution in [0.4, 0.5) is 5.13 Å². The molecule has 0 radical (unpaired) electrons. The van der Waals surface area contributed by atoms with Crippen molar-refractivity contribution in [2.24, 2.45) is 0 Å². The molecule has 0 unspecified atom stereocenters. The molecular weight excluding hydrogens is 290 g/mol. The molecule has 2 aromatic heterocycles. The van der Waals surface area contributed by atoms with Crippen molar-refractivity contribution in [2.75, 3.05) is 37.6 Å². The van der Waals surface area contributed by atoms with Gasteiger partial charge in [-0.1, -0.05) is 0 Å². The lowest BCUT2D eigenvalue weighted by atomic mass is 10.2. The summed E-state index contributed by atoms with van der Waals surface area (Å²) in [6.07, 6.45) is 1.84. The summed E-state index contributed by atoms with van der Waals surface area (Å²) in [7, 11) is 0. The first-order valence-corrected chi connectivity index (χ1v) is 8.38. The fraction of sp³-hybridized carbons (Fsp3) is 0.429. The van der Waals surface area contributed by atoms with Crippen molar-refractivity contribution < 1.29 is 4.79 Å². The molecule has 6 heteroatoms. The smallest absolute Gasteiger partial charge is 0.186 e. The number of anilines is 1. The minimum absolute atomic E-state index is 0.241. The first-order chi connectivity index (χ1) is 9.72. The van der Waals surface area contributed by atoms with Crippen molar-refractivity contribution in [2.45, 2.75) is 6.92 Å². The summed E-state index contributed by atoms with van der Waals surface area (Å²) in [4.78, 5) is 23.1. The van der Waals surface area contributed by atoms with Gasteiger partial charge in [0, 0.05) is 42.6 Å². The first-order valence-electron chi connectivity index (χ1n) is 6.69. The molecule has 2 aromatic rings. The largest absolute Gasteiger partial charge is 0.346 e. The van der Waals surface area contributed by atoms with E-state index in [2.05, 4.69) is 14.8 Å². The summed E-state index contributed by atoms with van der Waals surface area (Å²) in [6, 6.07) is 3.95. The molecule has 0 bridgehead atoms. The molecule has 3 heterocycles. The first kappa shape index (κ1) is 13.7. The second kappa shape index (κ2) is 6.03. The number of carbonyl (C=O) groups excluding carboxylic acids is 1. The van der Waals surface area contributed by atoms with Crippen molar-refractivity contribution in [3.63, 3.8) is 0 Å². The Morgan fingerprint density at radius 2 is 2.10 bits per heavy atom.